The number of carbonyl (C=O) groups is 1. The van der Waals surface area contributed by atoms with Crippen LogP contribution in [-0.4, -0.2) is 29.4 Å². The Morgan fingerprint density at radius 1 is 1.40 bits per heavy atom. The fraction of sp³-hybridized carbons (Fsp3) is 0.500. The van der Waals surface area contributed by atoms with E-state index in [0.29, 0.717) is 11.3 Å². The van der Waals surface area contributed by atoms with E-state index in [9.17, 15) is 4.79 Å². The van der Waals surface area contributed by atoms with Gasteiger partial charge < -0.3 is 5.32 Å². The SMILES string of the molecule is CCC(C)(C)N(C)C(C)C(=O)Nc1ccc(C#N)cc1. The lowest BCUT2D eigenvalue weighted by Gasteiger charge is -2.38. The largest absolute Gasteiger partial charge is 0.325 e. The Balaban J connectivity index is 2.73. The van der Waals surface area contributed by atoms with Crippen LogP contribution in [0.3, 0.4) is 0 Å². The van der Waals surface area contributed by atoms with Gasteiger partial charge in [0, 0.05) is 11.2 Å². The van der Waals surface area contributed by atoms with E-state index in [1.54, 1.807) is 24.3 Å². The predicted molar refractivity (Wildman–Crippen MR) is 81.4 cm³/mol. The summed E-state index contributed by atoms with van der Waals surface area (Å²) in [6.07, 6.45) is 0.970. The molecule has 20 heavy (non-hydrogen) atoms. The summed E-state index contributed by atoms with van der Waals surface area (Å²) in [5, 5.41) is 11.6. The lowest BCUT2D eigenvalue weighted by molar-refractivity contribution is -0.122. The van der Waals surface area contributed by atoms with Gasteiger partial charge >= 0.3 is 0 Å². The predicted octanol–water partition coefficient (Wildman–Crippen LogP) is 3.01. The lowest BCUT2D eigenvalue weighted by Crippen LogP contribution is -2.50. The molecule has 0 saturated carbocycles. The molecule has 1 aromatic carbocycles. The van der Waals surface area contributed by atoms with Crippen molar-refractivity contribution in [2.45, 2.75) is 45.7 Å². The maximum absolute atomic E-state index is 12.3. The highest BCUT2D eigenvalue weighted by molar-refractivity contribution is 5.94. The van der Waals surface area contributed by atoms with Crippen LogP contribution in [0.4, 0.5) is 5.69 Å². The van der Waals surface area contributed by atoms with Crippen molar-refractivity contribution in [2.75, 3.05) is 12.4 Å². The summed E-state index contributed by atoms with van der Waals surface area (Å²) in [6.45, 7) is 8.26. The van der Waals surface area contributed by atoms with E-state index < -0.39 is 0 Å². The molecule has 4 nitrogen and oxygen atoms in total. The molecule has 0 fully saturated rings. The number of nitriles is 1. The number of rotatable bonds is 5. The maximum Gasteiger partial charge on any atom is 0.241 e. The quantitative estimate of drug-likeness (QED) is 0.897. The fourth-order valence-electron chi connectivity index (χ4n) is 1.82. The van der Waals surface area contributed by atoms with Crippen LogP contribution in [0.15, 0.2) is 24.3 Å². The van der Waals surface area contributed by atoms with Crippen molar-refractivity contribution < 1.29 is 4.79 Å². The standard InChI is InChI=1S/C16H23N3O/c1-6-16(3,4)19(5)12(2)15(20)18-14-9-7-13(11-17)8-10-14/h7-10,12H,6H2,1-5H3,(H,18,20). The molecule has 1 amide bonds. The summed E-state index contributed by atoms with van der Waals surface area (Å²) in [6, 6.07) is 8.71. The van der Waals surface area contributed by atoms with Gasteiger partial charge in [-0.05, 0) is 58.5 Å². The molecule has 0 aromatic heterocycles. The molecule has 0 aliphatic rings. The third-order valence-corrected chi connectivity index (χ3v) is 4.06. The topological polar surface area (TPSA) is 56.1 Å². The number of hydrogen-bond donors (Lipinski definition) is 1. The van der Waals surface area contributed by atoms with Crippen molar-refractivity contribution in [1.82, 2.24) is 4.90 Å². The van der Waals surface area contributed by atoms with E-state index in [1.165, 1.54) is 0 Å². The Kier molecular flexibility index (Phi) is 5.29. The molecule has 0 saturated heterocycles. The number of hydrogen-bond acceptors (Lipinski definition) is 3. The van der Waals surface area contributed by atoms with Crippen molar-refractivity contribution in [2.24, 2.45) is 0 Å². The smallest absolute Gasteiger partial charge is 0.241 e. The number of anilines is 1. The van der Waals surface area contributed by atoms with Gasteiger partial charge in [0.2, 0.25) is 5.91 Å². The van der Waals surface area contributed by atoms with E-state index in [0.717, 1.165) is 6.42 Å². The Labute approximate surface area is 121 Å². The van der Waals surface area contributed by atoms with Crippen molar-refractivity contribution in [3.63, 3.8) is 0 Å². The number of likely N-dealkylation sites (N-methyl/N-ethyl adjacent to an activating group) is 1. The average Bonchev–Trinajstić information content (AvgIpc) is 2.46. The molecule has 1 N–H and O–H groups in total. The van der Waals surface area contributed by atoms with E-state index in [4.69, 9.17) is 5.26 Å². The molecular weight excluding hydrogens is 250 g/mol. The van der Waals surface area contributed by atoms with Crippen LogP contribution in [0.5, 0.6) is 0 Å². The van der Waals surface area contributed by atoms with Gasteiger partial charge in [-0.3, -0.25) is 9.69 Å². The van der Waals surface area contributed by atoms with Crippen molar-refractivity contribution in [1.29, 1.82) is 5.26 Å². The molecule has 1 unspecified atom stereocenters. The Hall–Kier alpha value is -1.86. The van der Waals surface area contributed by atoms with Gasteiger partial charge in [-0.15, -0.1) is 0 Å². The minimum absolute atomic E-state index is 0.0264. The van der Waals surface area contributed by atoms with E-state index in [-0.39, 0.29) is 17.5 Å². The van der Waals surface area contributed by atoms with Crippen LogP contribution in [0.2, 0.25) is 0 Å². The Morgan fingerprint density at radius 3 is 2.40 bits per heavy atom. The fourth-order valence-corrected chi connectivity index (χ4v) is 1.82. The van der Waals surface area contributed by atoms with Gasteiger partial charge in [-0.25, -0.2) is 0 Å². The van der Waals surface area contributed by atoms with E-state index in [1.807, 2.05) is 14.0 Å². The molecule has 1 rings (SSSR count). The van der Waals surface area contributed by atoms with Crippen LogP contribution < -0.4 is 5.32 Å². The molecule has 0 radical (unpaired) electrons. The number of benzene rings is 1. The van der Waals surface area contributed by atoms with Gasteiger partial charge in [0.1, 0.15) is 0 Å². The normalized spacial score (nSPS) is 12.8. The maximum atomic E-state index is 12.3. The molecule has 1 aromatic rings. The second-order valence-corrected chi connectivity index (χ2v) is 5.63. The first-order valence-electron chi connectivity index (χ1n) is 6.85. The first-order valence-corrected chi connectivity index (χ1v) is 6.85. The van der Waals surface area contributed by atoms with E-state index in [2.05, 4.69) is 37.1 Å². The number of amides is 1. The van der Waals surface area contributed by atoms with Gasteiger partial charge in [-0.1, -0.05) is 6.92 Å². The number of nitrogens with zero attached hydrogens (tertiary/aromatic N) is 2. The van der Waals surface area contributed by atoms with Crippen LogP contribution in [0.25, 0.3) is 0 Å². The molecule has 108 valence electrons. The second-order valence-electron chi connectivity index (χ2n) is 5.63. The zero-order chi connectivity index (χ0) is 15.3. The van der Waals surface area contributed by atoms with Crippen molar-refractivity contribution in [3.8, 4) is 6.07 Å². The molecule has 4 heteroatoms. The molecule has 1 atom stereocenters. The number of carbonyl (C=O) groups excluding carboxylic acids is 1. The van der Waals surface area contributed by atoms with Crippen molar-refractivity contribution in [3.05, 3.63) is 29.8 Å². The third kappa shape index (κ3) is 3.82. The molecule has 0 heterocycles. The highest BCUT2D eigenvalue weighted by Gasteiger charge is 2.29. The van der Waals surface area contributed by atoms with Crippen molar-refractivity contribution >= 4 is 11.6 Å². The van der Waals surface area contributed by atoms with E-state index >= 15 is 0 Å². The average molecular weight is 273 g/mol. The summed E-state index contributed by atoms with van der Waals surface area (Å²) in [5.41, 5.74) is 1.27. The minimum atomic E-state index is -0.222. The summed E-state index contributed by atoms with van der Waals surface area (Å²) < 4.78 is 0. The van der Waals surface area contributed by atoms with Gasteiger partial charge in [-0.2, -0.15) is 5.26 Å². The van der Waals surface area contributed by atoms with Gasteiger partial charge in [0.05, 0.1) is 17.7 Å². The summed E-state index contributed by atoms with van der Waals surface area (Å²) in [5.74, 6) is -0.0428. The van der Waals surface area contributed by atoms with Gasteiger partial charge in [0.15, 0.2) is 0 Å². The van der Waals surface area contributed by atoms with Crippen LogP contribution in [-0.2, 0) is 4.79 Å². The third-order valence-electron chi connectivity index (χ3n) is 4.06. The number of nitrogens with one attached hydrogen (secondary N) is 1. The highest BCUT2D eigenvalue weighted by Crippen LogP contribution is 2.20. The zero-order valence-electron chi connectivity index (χ0n) is 12.9. The Morgan fingerprint density at radius 2 is 1.95 bits per heavy atom. The van der Waals surface area contributed by atoms with Gasteiger partial charge in [0.25, 0.3) is 0 Å². The molecule has 0 spiro atoms. The molecule has 0 bridgehead atoms. The Bertz CT molecular complexity index is 499. The van der Waals surface area contributed by atoms with Crippen LogP contribution in [0, 0.1) is 11.3 Å². The lowest BCUT2D eigenvalue weighted by atomic mass is 9.98. The molecular formula is C16H23N3O. The summed E-state index contributed by atoms with van der Waals surface area (Å²) >= 11 is 0. The summed E-state index contributed by atoms with van der Waals surface area (Å²) in [4.78, 5) is 14.3. The van der Waals surface area contributed by atoms with Crippen LogP contribution in [0.1, 0.15) is 39.7 Å². The monoisotopic (exact) mass is 273 g/mol. The zero-order valence-corrected chi connectivity index (χ0v) is 12.9. The second kappa shape index (κ2) is 6.53. The first-order chi connectivity index (χ1) is 9.31. The summed E-state index contributed by atoms with van der Waals surface area (Å²) in [7, 11) is 1.96. The highest BCUT2D eigenvalue weighted by atomic mass is 16.2. The first kappa shape index (κ1) is 16.2. The molecule has 0 aliphatic heterocycles. The van der Waals surface area contributed by atoms with Crippen LogP contribution >= 0.6 is 0 Å². The minimum Gasteiger partial charge on any atom is -0.325 e. The molecule has 0 aliphatic carbocycles.